The normalized spacial score (nSPS) is 22.4. The van der Waals surface area contributed by atoms with E-state index in [9.17, 15) is 14.7 Å². The van der Waals surface area contributed by atoms with Crippen LogP contribution in [0.4, 0.5) is 4.79 Å². The van der Waals surface area contributed by atoms with Crippen LogP contribution in [0, 0.1) is 5.41 Å². The number of hydrogen-bond donors (Lipinski definition) is 2. The van der Waals surface area contributed by atoms with Crippen molar-refractivity contribution in [2.75, 3.05) is 13.6 Å². The average molecular weight is 268 g/mol. The first-order valence-electron chi connectivity index (χ1n) is 7.29. The number of urea groups is 1. The summed E-state index contributed by atoms with van der Waals surface area (Å²) in [5.41, 5.74) is -0.742. The molecule has 2 fully saturated rings. The van der Waals surface area contributed by atoms with Crippen molar-refractivity contribution in [2.24, 2.45) is 5.41 Å². The molecule has 0 unspecified atom stereocenters. The molecule has 0 spiro atoms. The van der Waals surface area contributed by atoms with E-state index in [1.165, 1.54) is 6.42 Å². The van der Waals surface area contributed by atoms with E-state index < -0.39 is 11.4 Å². The van der Waals surface area contributed by atoms with Crippen molar-refractivity contribution in [1.82, 2.24) is 10.2 Å². The van der Waals surface area contributed by atoms with Gasteiger partial charge in [-0.2, -0.15) is 0 Å². The number of amides is 2. The Morgan fingerprint density at radius 2 is 1.84 bits per heavy atom. The third kappa shape index (κ3) is 3.01. The Kier molecular flexibility index (Phi) is 4.32. The van der Waals surface area contributed by atoms with Crippen LogP contribution in [0.1, 0.15) is 51.4 Å². The molecule has 19 heavy (non-hydrogen) atoms. The fraction of sp³-hybridized carbons (Fsp3) is 0.857. The summed E-state index contributed by atoms with van der Waals surface area (Å²) in [5.74, 6) is -0.765. The summed E-state index contributed by atoms with van der Waals surface area (Å²) in [4.78, 5) is 25.2. The van der Waals surface area contributed by atoms with Crippen LogP contribution in [-0.4, -0.2) is 41.6 Å². The lowest BCUT2D eigenvalue weighted by molar-refractivity contribution is -0.150. The van der Waals surface area contributed by atoms with E-state index in [1.54, 1.807) is 11.9 Å². The maximum absolute atomic E-state index is 12.0. The Balaban J connectivity index is 1.87. The van der Waals surface area contributed by atoms with Gasteiger partial charge in [0.05, 0.1) is 5.41 Å². The first-order chi connectivity index (χ1) is 9.05. The summed E-state index contributed by atoms with van der Waals surface area (Å²) in [6, 6.07) is 0.211. The number of rotatable bonds is 4. The number of carbonyl (C=O) groups excluding carboxylic acids is 1. The minimum Gasteiger partial charge on any atom is -0.481 e. The van der Waals surface area contributed by atoms with Crippen LogP contribution in [0.5, 0.6) is 0 Å². The molecule has 2 saturated carbocycles. The highest BCUT2D eigenvalue weighted by atomic mass is 16.4. The van der Waals surface area contributed by atoms with Crippen molar-refractivity contribution in [1.29, 1.82) is 0 Å². The van der Waals surface area contributed by atoms with Gasteiger partial charge in [0.25, 0.3) is 0 Å². The summed E-state index contributed by atoms with van der Waals surface area (Å²) in [6.45, 7) is 0.262. The molecular formula is C14H24N2O3. The number of nitrogens with zero attached hydrogens (tertiary/aromatic N) is 1. The molecule has 0 saturated heterocycles. The van der Waals surface area contributed by atoms with E-state index in [-0.39, 0.29) is 12.6 Å². The third-order valence-corrected chi connectivity index (χ3v) is 4.79. The standard InChI is InChI=1S/C14H24N2O3/c1-16(11-6-5-7-11)13(19)15-10-14(12(17)18)8-3-2-4-9-14/h11H,2-10H2,1H3,(H,15,19)(H,17,18). The molecule has 5 heteroatoms. The van der Waals surface area contributed by atoms with Gasteiger partial charge in [-0.15, -0.1) is 0 Å². The molecule has 0 aromatic rings. The van der Waals surface area contributed by atoms with Gasteiger partial charge in [-0.1, -0.05) is 19.3 Å². The van der Waals surface area contributed by atoms with Crippen molar-refractivity contribution in [3.05, 3.63) is 0 Å². The van der Waals surface area contributed by atoms with Crippen molar-refractivity contribution in [2.45, 2.75) is 57.4 Å². The second-order valence-electron chi connectivity index (χ2n) is 6.00. The Bertz CT molecular complexity index is 347. The van der Waals surface area contributed by atoms with Gasteiger partial charge in [-0.05, 0) is 32.1 Å². The first kappa shape index (κ1) is 14.2. The van der Waals surface area contributed by atoms with Crippen LogP contribution in [-0.2, 0) is 4.79 Å². The molecule has 2 amide bonds. The Labute approximate surface area is 114 Å². The van der Waals surface area contributed by atoms with E-state index in [2.05, 4.69) is 5.32 Å². The van der Waals surface area contributed by atoms with Crippen LogP contribution < -0.4 is 5.32 Å². The smallest absolute Gasteiger partial charge is 0.317 e. The second kappa shape index (κ2) is 5.80. The highest BCUT2D eigenvalue weighted by molar-refractivity contribution is 5.78. The predicted molar refractivity (Wildman–Crippen MR) is 72.0 cm³/mol. The molecule has 0 aliphatic heterocycles. The average Bonchev–Trinajstić information content (AvgIpc) is 2.34. The van der Waals surface area contributed by atoms with Crippen LogP contribution in [0.25, 0.3) is 0 Å². The van der Waals surface area contributed by atoms with Crippen molar-refractivity contribution in [3.8, 4) is 0 Å². The zero-order valence-electron chi connectivity index (χ0n) is 11.7. The summed E-state index contributed by atoms with van der Waals surface area (Å²) in [5, 5.41) is 12.3. The lowest BCUT2D eigenvalue weighted by Crippen LogP contribution is -2.51. The lowest BCUT2D eigenvalue weighted by atomic mass is 9.74. The molecule has 0 bridgehead atoms. The lowest BCUT2D eigenvalue weighted by Gasteiger charge is -2.37. The molecule has 2 aliphatic carbocycles. The van der Waals surface area contributed by atoms with Crippen LogP contribution >= 0.6 is 0 Å². The molecule has 5 nitrogen and oxygen atoms in total. The number of carboxylic acids is 1. The van der Waals surface area contributed by atoms with Crippen LogP contribution in [0.2, 0.25) is 0 Å². The third-order valence-electron chi connectivity index (χ3n) is 4.79. The highest BCUT2D eigenvalue weighted by Crippen LogP contribution is 2.36. The highest BCUT2D eigenvalue weighted by Gasteiger charge is 2.40. The van der Waals surface area contributed by atoms with Gasteiger partial charge in [-0.25, -0.2) is 4.79 Å². The minimum absolute atomic E-state index is 0.129. The van der Waals surface area contributed by atoms with E-state index >= 15 is 0 Å². The molecular weight excluding hydrogens is 244 g/mol. The summed E-state index contributed by atoms with van der Waals surface area (Å²) < 4.78 is 0. The number of carboxylic acid groups (broad SMARTS) is 1. The summed E-state index contributed by atoms with van der Waals surface area (Å²) in [6.07, 6.45) is 7.65. The number of nitrogens with one attached hydrogen (secondary N) is 1. The maximum Gasteiger partial charge on any atom is 0.317 e. The molecule has 0 aromatic heterocycles. The molecule has 2 rings (SSSR count). The van der Waals surface area contributed by atoms with E-state index in [1.807, 2.05) is 0 Å². The fourth-order valence-electron chi connectivity index (χ4n) is 3.00. The fourth-order valence-corrected chi connectivity index (χ4v) is 3.00. The van der Waals surface area contributed by atoms with Crippen LogP contribution in [0.15, 0.2) is 0 Å². The van der Waals surface area contributed by atoms with Gasteiger partial charge in [0.2, 0.25) is 0 Å². The second-order valence-corrected chi connectivity index (χ2v) is 6.00. The van der Waals surface area contributed by atoms with Gasteiger partial charge in [0.1, 0.15) is 0 Å². The quantitative estimate of drug-likeness (QED) is 0.821. The number of aliphatic carboxylic acids is 1. The largest absolute Gasteiger partial charge is 0.481 e. The molecule has 0 radical (unpaired) electrons. The molecule has 0 atom stereocenters. The van der Waals surface area contributed by atoms with Gasteiger partial charge in [-0.3, -0.25) is 4.79 Å². The molecule has 0 aromatic carbocycles. The van der Waals surface area contributed by atoms with Crippen molar-refractivity contribution >= 4 is 12.0 Å². The van der Waals surface area contributed by atoms with Gasteiger partial charge < -0.3 is 15.3 Å². The molecule has 2 N–H and O–H groups in total. The van der Waals surface area contributed by atoms with E-state index in [4.69, 9.17) is 0 Å². The monoisotopic (exact) mass is 268 g/mol. The zero-order valence-corrected chi connectivity index (χ0v) is 11.7. The summed E-state index contributed by atoms with van der Waals surface area (Å²) >= 11 is 0. The van der Waals surface area contributed by atoms with Gasteiger partial charge in [0, 0.05) is 19.6 Å². The SMILES string of the molecule is CN(C(=O)NCC1(C(=O)O)CCCCC1)C1CCC1. The van der Waals surface area contributed by atoms with E-state index in [0.717, 1.165) is 32.1 Å². The van der Waals surface area contributed by atoms with Gasteiger partial charge in [0.15, 0.2) is 0 Å². The number of carbonyl (C=O) groups is 2. The molecule has 108 valence electrons. The predicted octanol–water partition coefficient (Wildman–Crippen LogP) is 2.22. The Hall–Kier alpha value is -1.26. The van der Waals surface area contributed by atoms with E-state index in [0.29, 0.717) is 18.9 Å². The zero-order chi connectivity index (χ0) is 13.9. The van der Waals surface area contributed by atoms with Gasteiger partial charge >= 0.3 is 12.0 Å². The first-order valence-corrected chi connectivity index (χ1v) is 7.29. The van der Waals surface area contributed by atoms with Crippen molar-refractivity contribution in [3.63, 3.8) is 0 Å². The Morgan fingerprint density at radius 3 is 2.32 bits per heavy atom. The molecule has 2 aliphatic rings. The topological polar surface area (TPSA) is 69.6 Å². The van der Waals surface area contributed by atoms with Crippen LogP contribution in [0.3, 0.4) is 0 Å². The van der Waals surface area contributed by atoms with Crippen molar-refractivity contribution < 1.29 is 14.7 Å². The Morgan fingerprint density at radius 1 is 1.21 bits per heavy atom. The minimum atomic E-state index is -0.765. The maximum atomic E-state index is 12.0. The number of hydrogen-bond acceptors (Lipinski definition) is 2. The molecule has 0 heterocycles. The summed E-state index contributed by atoms with van der Waals surface area (Å²) in [7, 11) is 1.80.